The molecule has 1 aromatic carbocycles. The molecule has 3 nitrogen and oxygen atoms in total. The molecule has 0 saturated heterocycles. The van der Waals surface area contributed by atoms with E-state index in [9.17, 15) is 9.59 Å². The van der Waals surface area contributed by atoms with Gasteiger partial charge in [-0.05, 0) is 37.1 Å². The molecule has 1 aliphatic rings. The van der Waals surface area contributed by atoms with E-state index in [1.54, 1.807) is 19.1 Å². The van der Waals surface area contributed by atoms with Gasteiger partial charge >= 0.3 is 5.97 Å². The van der Waals surface area contributed by atoms with Gasteiger partial charge in [-0.1, -0.05) is 29.8 Å². The molecule has 0 spiro atoms. The SMILES string of the molecule is CCOC(=O)[C@@]1(/C=C/C=O)C[C@@H]1c1cccc(Cl)c1. The minimum Gasteiger partial charge on any atom is -0.465 e. The zero-order chi connectivity index (χ0) is 13.9. The van der Waals surface area contributed by atoms with Crippen LogP contribution >= 0.6 is 11.6 Å². The van der Waals surface area contributed by atoms with Crippen molar-refractivity contribution in [1.29, 1.82) is 0 Å². The predicted molar refractivity (Wildman–Crippen MR) is 73.1 cm³/mol. The van der Waals surface area contributed by atoms with Gasteiger partial charge in [0.1, 0.15) is 6.29 Å². The normalized spacial score (nSPS) is 25.3. The first kappa shape index (κ1) is 13.8. The fraction of sp³-hybridized carbons (Fsp3) is 0.333. The number of hydrogen-bond acceptors (Lipinski definition) is 3. The lowest BCUT2D eigenvalue weighted by Crippen LogP contribution is -2.19. The molecule has 0 N–H and O–H groups in total. The van der Waals surface area contributed by atoms with Gasteiger partial charge in [-0.25, -0.2) is 0 Å². The topological polar surface area (TPSA) is 43.4 Å². The molecule has 0 aromatic heterocycles. The summed E-state index contributed by atoms with van der Waals surface area (Å²) < 4.78 is 5.11. The van der Waals surface area contributed by atoms with Gasteiger partial charge in [0.05, 0.1) is 12.0 Å². The molecule has 0 unspecified atom stereocenters. The molecule has 19 heavy (non-hydrogen) atoms. The lowest BCUT2D eigenvalue weighted by molar-refractivity contribution is -0.147. The highest BCUT2D eigenvalue weighted by Gasteiger charge is 2.59. The van der Waals surface area contributed by atoms with Crippen LogP contribution in [0.2, 0.25) is 5.02 Å². The van der Waals surface area contributed by atoms with Gasteiger partial charge in [0.25, 0.3) is 0 Å². The van der Waals surface area contributed by atoms with Crippen LogP contribution in [0, 0.1) is 5.41 Å². The second-order valence-corrected chi connectivity index (χ2v) is 5.00. The van der Waals surface area contributed by atoms with Crippen LogP contribution in [-0.2, 0) is 14.3 Å². The van der Waals surface area contributed by atoms with Crippen molar-refractivity contribution in [1.82, 2.24) is 0 Å². The number of hydrogen-bond donors (Lipinski definition) is 0. The van der Waals surface area contributed by atoms with Gasteiger partial charge < -0.3 is 4.74 Å². The summed E-state index contributed by atoms with van der Waals surface area (Å²) in [6, 6.07) is 7.43. The fourth-order valence-electron chi connectivity index (χ4n) is 2.37. The number of ether oxygens (including phenoxy) is 1. The standard InChI is InChI=1S/C15H15ClO3/c1-2-19-14(18)15(7-4-8-17)10-13(15)11-5-3-6-12(16)9-11/h3-9,13H,2,10H2,1H3/b7-4+/t13-,15+/m1/s1. The van der Waals surface area contributed by atoms with E-state index >= 15 is 0 Å². The summed E-state index contributed by atoms with van der Waals surface area (Å²) >= 11 is 5.96. The molecular formula is C15H15ClO3. The van der Waals surface area contributed by atoms with Crippen molar-refractivity contribution >= 4 is 23.9 Å². The monoisotopic (exact) mass is 278 g/mol. The number of carbonyl (C=O) groups excluding carboxylic acids is 2. The largest absolute Gasteiger partial charge is 0.465 e. The average molecular weight is 279 g/mol. The van der Waals surface area contributed by atoms with Crippen molar-refractivity contribution in [3.63, 3.8) is 0 Å². The first-order valence-electron chi connectivity index (χ1n) is 6.19. The minimum absolute atomic E-state index is 0.0291. The van der Waals surface area contributed by atoms with Crippen molar-refractivity contribution in [2.24, 2.45) is 5.41 Å². The Kier molecular flexibility index (Phi) is 4.05. The molecule has 2 rings (SSSR count). The van der Waals surface area contributed by atoms with Crippen molar-refractivity contribution in [3.05, 3.63) is 47.0 Å². The molecule has 0 amide bonds. The lowest BCUT2D eigenvalue weighted by atomic mass is 9.98. The minimum atomic E-state index is -0.707. The number of benzene rings is 1. The first-order chi connectivity index (χ1) is 9.14. The Morgan fingerprint density at radius 3 is 3.00 bits per heavy atom. The second-order valence-electron chi connectivity index (χ2n) is 4.57. The van der Waals surface area contributed by atoms with E-state index in [2.05, 4.69) is 0 Å². The Morgan fingerprint density at radius 2 is 2.37 bits per heavy atom. The maximum atomic E-state index is 12.1. The smallest absolute Gasteiger partial charge is 0.316 e. The molecule has 0 radical (unpaired) electrons. The number of allylic oxidation sites excluding steroid dienone is 1. The fourth-order valence-corrected chi connectivity index (χ4v) is 2.57. The molecule has 100 valence electrons. The average Bonchev–Trinajstić information content (AvgIpc) is 3.13. The summed E-state index contributed by atoms with van der Waals surface area (Å²) in [5, 5.41) is 0.640. The van der Waals surface area contributed by atoms with E-state index in [4.69, 9.17) is 16.3 Å². The number of esters is 1. The third-order valence-corrected chi connectivity index (χ3v) is 3.62. The molecule has 0 heterocycles. The van der Waals surface area contributed by atoms with E-state index in [1.807, 2.05) is 18.2 Å². The molecule has 0 aliphatic heterocycles. The third-order valence-electron chi connectivity index (χ3n) is 3.38. The Labute approximate surface area is 117 Å². The van der Waals surface area contributed by atoms with Gasteiger partial charge in [-0.2, -0.15) is 0 Å². The van der Waals surface area contributed by atoms with Gasteiger partial charge in [0.15, 0.2) is 0 Å². The first-order valence-corrected chi connectivity index (χ1v) is 6.57. The maximum absolute atomic E-state index is 12.1. The van der Waals surface area contributed by atoms with Crippen LogP contribution < -0.4 is 0 Å². The van der Waals surface area contributed by atoms with E-state index in [0.29, 0.717) is 24.3 Å². The quantitative estimate of drug-likeness (QED) is 0.472. The zero-order valence-corrected chi connectivity index (χ0v) is 11.4. The molecule has 1 fully saturated rings. The van der Waals surface area contributed by atoms with Crippen molar-refractivity contribution in [3.8, 4) is 0 Å². The molecule has 1 aromatic rings. The van der Waals surface area contributed by atoms with E-state index in [-0.39, 0.29) is 11.9 Å². The number of aldehydes is 1. The van der Waals surface area contributed by atoms with Gasteiger partial charge in [0, 0.05) is 10.9 Å². The molecule has 2 atom stereocenters. The maximum Gasteiger partial charge on any atom is 0.316 e. The summed E-state index contributed by atoms with van der Waals surface area (Å²) in [6.45, 7) is 2.10. The predicted octanol–water partition coefficient (Wildman–Crippen LogP) is 3.13. The van der Waals surface area contributed by atoms with Crippen LogP contribution in [0.1, 0.15) is 24.8 Å². The third kappa shape index (κ3) is 2.71. The van der Waals surface area contributed by atoms with Crippen LogP contribution in [0.4, 0.5) is 0 Å². The van der Waals surface area contributed by atoms with Gasteiger partial charge in [-0.15, -0.1) is 0 Å². The van der Waals surface area contributed by atoms with Crippen LogP contribution in [0.5, 0.6) is 0 Å². The highest BCUT2D eigenvalue weighted by Crippen LogP contribution is 2.61. The molecular weight excluding hydrogens is 264 g/mol. The second kappa shape index (κ2) is 5.57. The summed E-state index contributed by atoms with van der Waals surface area (Å²) in [4.78, 5) is 22.6. The van der Waals surface area contributed by atoms with Crippen LogP contribution in [-0.4, -0.2) is 18.9 Å². The van der Waals surface area contributed by atoms with E-state index < -0.39 is 5.41 Å². The van der Waals surface area contributed by atoms with Crippen LogP contribution in [0.15, 0.2) is 36.4 Å². The van der Waals surface area contributed by atoms with E-state index in [0.717, 1.165) is 5.56 Å². The Hall–Kier alpha value is -1.61. The summed E-state index contributed by atoms with van der Waals surface area (Å²) in [5.41, 5.74) is 0.290. The summed E-state index contributed by atoms with van der Waals surface area (Å²) in [7, 11) is 0. The number of rotatable bonds is 5. The zero-order valence-electron chi connectivity index (χ0n) is 10.6. The number of carbonyl (C=O) groups is 2. The Balaban J connectivity index is 2.27. The summed E-state index contributed by atoms with van der Waals surface area (Å²) in [5.74, 6) is -0.250. The molecule has 0 bridgehead atoms. The number of halogens is 1. The molecule has 1 saturated carbocycles. The molecule has 1 aliphatic carbocycles. The van der Waals surface area contributed by atoms with Crippen molar-refractivity contribution in [2.45, 2.75) is 19.3 Å². The van der Waals surface area contributed by atoms with Crippen molar-refractivity contribution in [2.75, 3.05) is 6.61 Å². The highest BCUT2D eigenvalue weighted by atomic mass is 35.5. The van der Waals surface area contributed by atoms with Crippen LogP contribution in [0.25, 0.3) is 0 Å². The van der Waals surface area contributed by atoms with Crippen LogP contribution in [0.3, 0.4) is 0 Å². The van der Waals surface area contributed by atoms with Gasteiger partial charge in [0.2, 0.25) is 0 Å². The summed E-state index contributed by atoms with van der Waals surface area (Å²) in [6.07, 6.45) is 4.33. The Morgan fingerprint density at radius 1 is 1.58 bits per heavy atom. The Bertz CT molecular complexity index is 524. The van der Waals surface area contributed by atoms with Crippen molar-refractivity contribution < 1.29 is 14.3 Å². The lowest BCUT2D eigenvalue weighted by Gasteiger charge is -2.11. The molecule has 4 heteroatoms. The van der Waals surface area contributed by atoms with Gasteiger partial charge in [-0.3, -0.25) is 9.59 Å². The van der Waals surface area contributed by atoms with E-state index in [1.165, 1.54) is 6.08 Å². The highest BCUT2D eigenvalue weighted by molar-refractivity contribution is 6.30.